The Morgan fingerprint density at radius 3 is 2.13 bits per heavy atom. The Kier molecular flexibility index (Phi) is 10.9. The number of carbonyl (C=O) groups excluding carboxylic acids is 2. The van der Waals surface area contributed by atoms with Crippen LogP contribution >= 0.6 is 0 Å². The first-order chi connectivity index (χ1) is 22.2. The predicted octanol–water partition coefficient (Wildman–Crippen LogP) is 6.42. The van der Waals surface area contributed by atoms with E-state index < -0.39 is 34.3 Å². The number of halogens is 1. The number of benzene rings is 4. The fourth-order valence-corrected chi connectivity index (χ4v) is 7.44. The number of hydrogen-bond donors (Lipinski definition) is 1. The smallest absolute Gasteiger partial charge is 0.264 e. The summed E-state index contributed by atoms with van der Waals surface area (Å²) in [7, 11) is -4.37. The van der Waals surface area contributed by atoms with Crippen LogP contribution < -0.4 is 9.62 Å². The lowest BCUT2D eigenvalue weighted by Gasteiger charge is -2.35. The molecule has 1 atom stereocenters. The summed E-state index contributed by atoms with van der Waals surface area (Å²) < 4.78 is 44.1. The molecule has 1 fully saturated rings. The van der Waals surface area contributed by atoms with Crippen LogP contribution in [0.1, 0.15) is 48.8 Å². The maximum absolute atomic E-state index is 15.3. The van der Waals surface area contributed by atoms with Gasteiger partial charge < -0.3 is 10.2 Å². The lowest BCUT2D eigenvalue weighted by atomic mass is 9.94. The first-order valence-corrected chi connectivity index (χ1v) is 17.2. The van der Waals surface area contributed by atoms with Gasteiger partial charge in [-0.05, 0) is 55.2 Å². The van der Waals surface area contributed by atoms with E-state index in [2.05, 4.69) is 5.32 Å². The van der Waals surface area contributed by atoms with Gasteiger partial charge >= 0.3 is 0 Å². The maximum Gasteiger partial charge on any atom is 0.264 e. The van der Waals surface area contributed by atoms with Crippen LogP contribution in [0.25, 0.3) is 0 Å². The molecule has 7 nitrogen and oxygen atoms in total. The van der Waals surface area contributed by atoms with Crippen molar-refractivity contribution in [2.45, 2.75) is 69.0 Å². The van der Waals surface area contributed by atoms with E-state index in [0.29, 0.717) is 0 Å². The molecule has 0 radical (unpaired) electrons. The highest BCUT2D eigenvalue weighted by atomic mass is 32.2. The van der Waals surface area contributed by atoms with Gasteiger partial charge in [0.25, 0.3) is 10.0 Å². The molecule has 0 aliphatic heterocycles. The molecule has 4 aromatic carbocycles. The third kappa shape index (κ3) is 8.20. The van der Waals surface area contributed by atoms with E-state index in [-0.39, 0.29) is 35.5 Å². The molecule has 0 saturated heterocycles. The molecule has 5 rings (SSSR count). The van der Waals surface area contributed by atoms with Crippen molar-refractivity contribution in [3.63, 3.8) is 0 Å². The second-order valence-electron chi connectivity index (χ2n) is 11.8. The number of anilines is 1. The third-order valence-electron chi connectivity index (χ3n) is 8.39. The summed E-state index contributed by atoms with van der Waals surface area (Å²) in [4.78, 5) is 30.1. The molecule has 4 aromatic rings. The van der Waals surface area contributed by atoms with Crippen LogP contribution in [0.4, 0.5) is 10.1 Å². The molecule has 0 spiro atoms. The van der Waals surface area contributed by atoms with Gasteiger partial charge in [-0.3, -0.25) is 13.9 Å². The maximum atomic E-state index is 15.3. The van der Waals surface area contributed by atoms with Crippen molar-refractivity contribution in [1.29, 1.82) is 0 Å². The van der Waals surface area contributed by atoms with Gasteiger partial charge in [0, 0.05) is 19.0 Å². The first kappa shape index (κ1) is 32.9. The molecule has 2 amide bonds. The SMILES string of the molecule is Cc1cccc(CN(C(=O)CN(c2ccccc2F)S(=O)(=O)c2ccccc2)C(Cc2ccccc2)C(=O)NC2CCCCC2)c1. The number of hydrogen-bond acceptors (Lipinski definition) is 4. The second kappa shape index (κ2) is 15.2. The van der Waals surface area contributed by atoms with E-state index in [1.54, 1.807) is 18.2 Å². The Hall–Kier alpha value is -4.50. The number of nitrogens with one attached hydrogen (secondary N) is 1. The molecule has 1 N–H and O–H groups in total. The number of carbonyl (C=O) groups is 2. The van der Waals surface area contributed by atoms with Crippen LogP contribution in [0, 0.1) is 12.7 Å². The van der Waals surface area contributed by atoms with Gasteiger partial charge in [0.05, 0.1) is 10.6 Å². The van der Waals surface area contributed by atoms with Crippen molar-refractivity contribution in [3.8, 4) is 0 Å². The standard InChI is InChI=1S/C37H40FN3O4S/c1-28-14-13-17-30(24-28)26-40(35(25-29-15-5-2-6-16-29)37(43)39-31-18-7-3-8-19-31)36(42)27-41(34-23-12-11-22-33(34)38)46(44,45)32-20-9-4-10-21-32/h2,4-6,9-17,20-24,31,35H,3,7-8,18-19,25-27H2,1H3,(H,39,43). The van der Waals surface area contributed by atoms with Crippen LogP contribution in [0.5, 0.6) is 0 Å². The fraction of sp³-hybridized carbons (Fsp3) is 0.297. The average Bonchev–Trinajstić information content (AvgIpc) is 3.07. The van der Waals surface area contributed by atoms with Crippen molar-refractivity contribution < 1.29 is 22.4 Å². The molecule has 1 aliphatic carbocycles. The Morgan fingerprint density at radius 2 is 1.46 bits per heavy atom. The van der Waals surface area contributed by atoms with Crippen LogP contribution in [0.3, 0.4) is 0 Å². The van der Waals surface area contributed by atoms with Crippen LogP contribution in [-0.2, 0) is 32.6 Å². The number of rotatable bonds is 12. The minimum atomic E-state index is -4.37. The Balaban J connectivity index is 1.56. The summed E-state index contributed by atoms with van der Waals surface area (Å²) in [5.41, 5.74) is 2.38. The highest BCUT2D eigenvalue weighted by Crippen LogP contribution is 2.27. The fourth-order valence-electron chi connectivity index (χ4n) is 5.99. The summed E-state index contributed by atoms with van der Waals surface area (Å²) in [5.74, 6) is -1.69. The number of sulfonamides is 1. The number of amides is 2. The summed E-state index contributed by atoms with van der Waals surface area (Å²) in [6.07, 6.45) is 5.13. The topological polar surface area (TPSA) is 86.8 Å². The summed E-state index contributed by atoms with van der Waals surface area (Å²) in [5, 5.41) is 3.20. The molecule has 0 aromatic heterocycles. The van der Waals surface area contributed by atoms with E-state index in [0.717, 1.165) is 59.2 Å². The van der Waals surface area contributed by atoms with Gasteiger partial charge in [-0.1, -0.05) is 110 Å². The van der Waals surface area contributed by atoms with Crippen LogP contribution in [0.15, 0.2) is 114 Å². The summed E-state index contributed by atoms with van der Waals surface area (Å²) >= 11 is 0. The lowest BCUT2D eigenvalue weighted by Crippen LogP contribution is -2.55. The number of aryl methyl sites for hydroxylation is 1. The highest BCUT2D eigenvalue weighted by Gasteiger charge is 2.36. The van der Waals surface area contributed by atoms with Crippen molar-refractivity contribution in [1.82, 2.24) is 10.2 Å². The zero-order valence-corrected chi connectivity index (χ0v) is 26.8. The molecule has 46 heavy (non-hydrogen) atoms. The van der Waals surface area contributed by atoms with Gasteiger partial charge in [0.1, 0.15) is 18.4 Å². The predicted molar refractivity (Wildman–Crippen MR) is 178 cm³/mol. The monoisotopic (exact) mass is 641 g/mol. The van der Waals surface area contributed by atoms with E-state index in [4.69, 9.17) is 0 Å². The Labute approximate surface area is 271 Å². The van der Waals surface area contributed by atoms with Crippen molar-refractivity contribution in [2.24, 2.45) is 0 Å². The molecule has 240 valence electrons. The lowest BCUT2D eigenvalue weighted by molar-refractivity contribution is -0.140. The minimum Gasteiger partial charge on any atom is -0.352 e. The molecule has 1 unspecified atom stereocenters. The van der Waals surface area contributed by atoms with Crippen molar-refractivity contribution >= 4 is 27.5 Å². The van der Waals surface area contributed by atoms with Crippen LogP contribution in [0.2, 0.25) is 0 Å². The van der Waals surface area contributed by atoms with Crippen molar-refractivity contribution in [3.05, 3.63) is 132 Å². The third-order valence-corrected chi connectivity index (χ3v) is 10.2. The Morgan fingerprint density at radius 1 is 0.826 bits per heavy atom. The molecular formula is C37H40FN3O4S. The zero-order valence-electron chi connectivity index (χ0n) is 26.0. The molecule has 0 heterocycles. The molecular weight excluding hydrogens is 601 g/mol. The van der Waals surface area contributed by atoms with E-state index >= 15 is 4.39 Å². The van der Waals surface area contributed by atoms with Gasteiger partial charge in [0.2, 0.25) is 11.8 Å². The van der Waals surface area contributed by atoms with Gasteiger partial charge in [-0.25, -0.2) is 12.8 Å². The van der Waals surface area contributed by atoms with Crippen LogP contribution in [-0.4, -0.2) is 43.8 Å². The van der Waals surface area contributed by atoms with Gasteiger partial charge in [-0.15, -0.1) is 0 Å². The van der Waals surface area contributed by atoms with E-state index in [9.17, 15) is 18.0 Å². The molecule has 0 bridgehead atoms. The quantitative estimate of drug-likeness (QED) is 0.194. The normalized spacial score (nSPS) is 14.3. The number of nitrogens with zero attached hydrogens (tertiary/aromatic N) is 2. The molecule has 1 aliphatic rings. The Bertz CT molecular complexity index is 1730. The minimum absolute atomic E-state index is 0.00353. The molecule has 1 saturated carbocycles. The van der Waals surface area contributed by atoms with E-state index in [1.165, 1.54) is 35.2 Å². The molecule has 9 heteroatoms. The summed E-state index contributed by atoms with van der Waals surface area (Å²) in [6, 6.07) is 29.3. The number of para-hydroxylation sites is 1. The zero-order chi connectivity index (χ0) is 32.5. The van der Waals surface area contributed by atoms with Crippen molar-refractivity contribution in [2.75, 3.05) is 10.8 Å². The van der Waals surface area contributed by atoms with Gasteiger partial charge in [0.15, 0.2) is 0 Å². The van der Waals surface area contributed by atoms with E-state index in [1.807, 2.05) is 61.5 Å². The van der Waals surface area contributed by atoms with Gasteiger partial charge in [-0.2, -0.15) is 0 Å². The average molecular weight is 642 g/mol. The summed E-state index contributed by atoms with van der Waals surface area (Å²) in [6.45, 7) is 1.30. The highest BCUT2D eigenvalue weighted by molar-refractivity contribution is 7.92. The first-order valence-electron chi connectivity index (χ1n) is 15.7. The largest absolute Gasteiger partial charge is 0.352 e. The second-order valence-corrected chi connectivity index (χ2v) is 13.7.